The van der Waals surface area contributed by atoms with Crippen LogP contribution in [0.15, 0.2) is 281 Å². The summed E-state index contributed by atoms with van der Waals surface area (Å²) in [6, 6.07) is 53.2. The Balaban J connectivity index is 0.00000120. The first-order chi connectivity index (χ1) is 38.6. The molecule has 0 unspecified atom stereocenters. The Labute approximate surface area is 547 Å². The molecular formula is C68H58I3MnN8O3. The van der Waals surface area contributed by atoms with Crippen molar-refractivity contribution in [1.82, 2.24) is 15.2 Å². The molecule has 7 aromatic rings. The summed E-state index contributed by atoms with van der Waals surface area (Å²) in [5, 5.41) is 12.9. The molecule has 0 aliphatic carbocycles. The predicted octanol–water partition coefficient (Wildman–Crippen LogP) is 0.655. The zero-order valence-electron chi connectivity index (χ0n) is 46.0. The molecule has 3 aromatic heterocycles. The van der Waals surface area contributed by atoms with Crippen molar-refractivity contribution in [3.8, 4) is 5.75 Å². The molecule has 0 amide bonds. The van der Waals surface area contributed by atoms with Gasteiger partial charge < -0.3 is 96.5 Å². The van der Waals surface area contributed by atoms with Crippen LogP contribution in [0.3, 0.4) is 0 Å². The van der Waals surface area contributed by atoms with Crippen molar-refractivity contribution >= 4 is 39.8 Å². The van der Waals surface area contributed by atoms with Gasteiger partial charge in [-0.1, -0.05) is 115 Å². The molecule has 0 saturated carbocycles. The van der Waals surface area contributed by atoms with Crippen molar-refractivity contribution in [1.29, 1.82) is 0 Å². The number of allylic oxidation sites excluding steroid dienone is 11. The molecule has 416 valence electrons. The fraction of sp³-hybridized carbons (Fsp3) is 0.118. The summed E-state index contributed by atoms with van der Waals surface area (Å²) in [5.74, 6) is -0.294. The van der Waals surface area contributed by atoms with Gasteiger partial charge in [-0.3, -0.25) is 5.32 Å². The maximum atomic E-state index is 8.89. The third-order valence-electron chi connectivity index (χ3n) is 14.2. The number of aromatic nitrogens is 3. The first kappa shape index (κ1) is 63.5. The van der Waals surface area contributed by atoms with Gasteiger partial charge in [0.15, 0.2) is 24.8 Å². The summed E-state index contributed by atoms with van der Waals surface area (Å²) in [6.07, 6.45) is 30.1. The number of aliphatic imine (C=N–C) groups is 3. The normalized spacial score (nSPS) is 14.7. The second-order valence-electron chi connectivity index (χ2n) is 19.6. The van der Waals surface area contributed by atoms with Crippen molar-refractivity contribution in [2.75, 3.05) is 20.2 Å². The molecule has 11 nitrogen and oxygen atoms in total. The minimum absolute atomic E-state index is 0. The second kappa shape index (κ2) is 28.9. The quantitative estimate of drug-likeness (QED) is 0.0632. The molecule has 0 fully saturated rings. The van der Waals surface area contributed by atoms with E-state index >= 15 is 0 Å². The Morgan fingerprint density at radius 1 is 0.542 bits per heavy atom. The number of fused-ring (bicyclic) bond motifs is 5. The molecule has 8 heterocycles. The molecule has 4 aromatic carbocycles. The molecule has 5 aliphatic heterocycles. The molecule has 0 spiro atoms. The van der Waals surface area contributed by atoms with E-state index in [1.54, 1.807) is 0 Å². The number of halogens is 3. The van der Waals surface area contributed by atoms with E-state index in [-0.39, 0.29) is 89.0 Å². The third-order valence-corrected chi connectivity index (χ3v) is 14.2. The number of ether oxygens (including phenoxy) is 1. The molecule has 12 rings (SSSR count). The first-order valence-electron chi connectivity index (χ1n) is 26.4. The maximum absolute atomic E-state index is 8.89. The summed E-state index contributed by atoms with van der Waals surface area (Å²) >= 11 is 0. The molecule has 5 aliphatic rings. The van der Waals surface area contributed by atoms with Gasteiger partial charge in [0.05, 0.1) is 46.4 Å². The molecule has 0 saturated heterocycles. The Bertz CT molecular complexity index is 3740. The Hall–Kier alpha value is -7.13. The standard InChI is InChI=1S/C66H55N8O.C2H4O2.3HI.Mn/c1-72-39-32-47(33-40-72)63-56-26-24-54(68-56)62(46-20-22-53(23-21-46)75-45-13-38-67-66(50-14-7-4-8-15-50,51-16-9-5-10-17-51)52-18-11-6-12-19-52)55-25-27-57(69-55)64(48-34-41-73(2)42-35-48)59-29-31-61(71-59)65(60-30-28-58(63)70-60)49-36-43-74(3)44-37-49;1-2(3)4;;;;/h4-12,14-37,39-44,67H,13,38,45H2,1-3H3;1H3,(H,3,4);3*1H;/q+1;;;;;+3/p-4. The van der Waals surface area contributed by atoms with Crippen LogP contribution >= 0.6 is 0 Å². The Morgan fingerprint density at radius 2 is 0.928 bits per heavy atom. The second-order valence-corrected chi connectivity index (χ2v) is 19.6. The van der Waals surface area contributed by atoms with Crippen LogP contribution in [0.2, 0.25) is 0 Å². The predicted molar refractivity (Wildman–Crippen MR) is 311 cm³/mol. The average Bonchev–Trinajstić information content (AvgIpc) is 3.30. The smallest absolute Gasteiger partial charge is 1.00 e. The number of rotatable bonds is 12. The molecule has 8 bridgehead atoms. The van der Waals surface area contributed by atoms with Crippen LogP contribution in [0.1, 0.15) is 58.1 Å². The average molecular weight is 1470 g/mol. The van der Waals surface area contributed by atoms with E-state index in [1.165, 1.54) is 16.7 Å². The van der Waals surface area contributed by atoms with Crippen LogP contribution in [-0.4, -0.2) is 48.2 Å². The van der Waals surface area contributed by atoms with E-state index < -0.39 is 11.5 Å². The number of hydrogen-bond donors (Lipinski definition) is 1. The van der Waals surface area contributed by atoms with Crippen molar-refractivity contribution in [3.63, 3.8) is 0 Å². The Kier molecular flexibility index (Phi) is 22.1. The topological polar surface area (TPSA) is 124 Å². The van der Waals surface area contributed by atoms with Gasteiger partial charge in [0.2, 0.25) is 0 Å². The van der Waals surface area contributed by atoms with Crippen molar-refractivity contribution < 1.29 is 113 Å². The summed E-state index contributed by atoms with van der Waals surface area (Å²) in [5.41, 5.74) is 17.3. The third kappa shape index (κ3) is 14.1. The van der Waals surface area contributed by atoms with E-state index in [9.17, 15) is 0 Å². The van der Waals surface area contributed by atoms with E-state index in [0.717, 1.165) is 116 Å². The van der Waals surface area contributed by atoms with E-state index in [0.29, 0.717) is 6.61 Å². The van der Waals surface area contributed by atoms with E-state index in [1.807, 2.05) is 35.2 Å². The zero-order valence-corrected chi connectivity index (χ0v) is 53.7. The number of nitrogens with zero attached hydrogens (tertiary/aromatic N) is 7. The summed E-state index contributed by atoms with van der Waals surface area (Å²) in [6.45, 7) is 2.23. The van der Waals surface area contributed by atoms with E-state index in [4.69, 9.17) is 34.6 Å². The number of aryl methyl sites for hydroxylation is 2. The monoisotopic (exact) mass is 1470 g/mol. The maximum Gasteiger partial charge on any atom is 3.00 e. The van der Waals surface area contributed by atoms with Gasteiger partial charge in [-0.25, -0.2) is 24.1 Å². The van der Waals surface area contributed by atoms with Crippen molar-refractivity contribution in [3.05, 3.63) is 310 Å². The summed E-state index contributed by atoms with van der Waals surface area (Å²) in [7, 11) is 6.08. The fourth-order valence-corrected chi connectivity index (χ4v) is 10.4. The molecule has 0 atom stereocenters. The summed E-state index contributed by atoms with van der Waals surface area (Å²) < 4.78 is 10.6. The van der Waals surface area contributed by atoms with Gasteiger partial charge in [-0.05, 0) is 131 Å². The number of carboxylic acid groups (broad SMARTS) is 1. The number of carbonyl (C=O) groups excluding carboxylic acids is 1. The van der Waals surface area contributed by atoms with Crippen LogP contribution in [-0.2, 0) is 41.5 Å². The van der Waals surface area contributed by atoms with Gasteiger partial charge in [0.25, 0.3) is 0 Å². The van der Waals surface area contributed by atoms with Crippen LogP contribution in [0.5, 0.6) is 5.75 Å². The molecule has 0 radical (unpaired) electrons. The molecule has 15 heteroatoms. The summed E-state index contributed by atoms with van der Waals surface area (Å²) in [4.78, 5) is 32.7. The molecular weight excluding hydrogens is 1410 g/mol. The minimum Gasteiger partial charge on any atom is -1.00 e. The van der Waals surface area contributed by atoms with E-state index in [2.05, 4.69) is 243 Å². The number of aliphatic carboxylic acids is 1. The van der Waals surface area contributed by atoms with Crippen LogP contribution in [0.4, 0.5) is 0 Å². The van der Waals surface area contributed by atoms with Gasteiger partial charge in [-0.2, -0.15) is 0 Å². The number of pyridine rings is 2. The number of benzene rings is 4. The van der Waals surface area contributed by atoms with Crippen LogP contribution < -0.4 is 101 Å². The van der Waals surface area contributed by atoms with Crippen molar-refractivity contribution in [2.45, 2.75) is 18.9 Å². The van der Waals surface area contributed by atoms with Crippen LogP contribution in [0, 0.1) is 0 Å². The minimum atomic E-state index is -1.08. The number of carbonyl (C=O) groups is 1. The van der Waals surface area contributed by atoms with Gasteiger partial charge >= 0.3 is 17.1 Å². The molecule has 83 heavy (non-hydrogen) atoms. The fourth-order valence-electron chi connectivity index (χ4n) is 10.4. The Morgan fingerprint density at radius 3 is 1.35 bits per heavy atom. The number of nitrogens with one attached hydrogen (secondary N) is 1. The van der Waals surface area contributed by atoms with Crippen LogP contribution in [0.25, 0.3) is 16.7 Å². The van der Waals surface area contributed by atoms with Gasteiger partial charge in [0, 0.05) is 60.8 Å². The largest absolute Gasteiger partial charge is 3.00 e. The SMILES string of the molecule is CC(=O)[O-].CN1C=CC(=C2C3=NC(=C(c4ccc(OCCCNC(c5ccccc5)(c5ccccc5)c5ccccc5)cc4)C4=NC(=C(c5cc[n+](C)cc5)c5ccc([n-]5)C(c5cc[n+](C)cc5)=C5C=CC2=N5)C=C4)C=C3)C=C1.[I-].[I-].[I-].[Mn+3]. The zero-order chi connectivity index (χ0) is 54.3. The molecule has 1 N–H and O–H groups in total. The number of carboxylic acids is 1. The van der Waals surface area contributed by atoms with Gasteiger partial charge in [0.1, 0.15) is 19.8 Å². The first-order valence-corrected chi connectivity index (χ1v) is 26.4. The van der Waals surface area contributed by atoms with Gasteiger partial charge in [-0.15, -0.1) is 11.4 Å². The van der Waals surface area contributed by atoms with Crippen molar-refractivity contribution in [2.24, 2.45) is 29.1 Å². The number of hydrogen-bond acceptors (Lipinski definition) is 8.